The van der Waals surface area contributed by atoms with E-state index in [-0.39, 0.29) is 18.3 Å². The second-order valence-corrected chi connectivity index (χ2v) is 4.43. The van der Waals surface area contributed by atoms with Crippen LogP contribution in [0.1, 0.15) is 19.8 Å². The van der Waals surface area contributed by atoms with E-state index in [2.05, 4.69) is 21.2 Å². The first-order chi connectivity index (χ1) is 8.17. The van der Waals surface area contributed by atoms with Crippen LogP contribution in [0.3, 0.4) is 0 Å². The number of hydrogen-bond donors (Lipinski definition) is 2. The predicted molar refractivity (Wildman–Crippen MR) is 79.5 cm³/mol. The van der Waals surface area contributed by atoms with Gasteiger partial charge in [-0.25, -0.2) is 0 Å². The summed E-state index contributed by atoms with van der Waals surface area (Å²) in [5.74, 6) is 0.631. The smallest absolute Gasteiger partial charge is 0.224 e. The normalized spacial score (nSPS) is 9.50. The van der Waals surface area contributed by atoms with Crippen LogP contribution in [-0.4, -0.2) is 19.1 Å². The summed E-state index contributed by atoms with van der Waals surface area (Å²) >= 11 is 3.36. The fourth-order valence-corrected chi connectivity index (χ4v) is 1.72. The molecule has 0 spiro atoms. The first-order valence-electron chi connectivity index (χ1n) is 5.59. The van der Waals surface area contributed by atoms with Gasteiger partial charge in [-0.1, -0.05) is 15.9 Å². The number of benzene rings is 1. The van der Waals surface area contributed by atoms with E-state index in [1.54, 1.807) is 0 Å². The van der Waals surface area contributed by atoms with Gasteiger partial charge in [0.2, 0.25) is 5.91 Å². The zero-order valence-electron chi connectivity index (χ0n) is 10.2. The van der Waals surface area contributed by atoms with Crippen molar-refractivity contribution in [3.63, 3.8) is 0 Å². The minimum absolute atomic E-state index is 0. The number of nitrogens with two attached hydrogens (primary N) is 1. The molecule has 0 aliphatic heterocycles. The standard InChI is InChI=1S/C12H17BrN2O2.ClH/c1-2-17-11-6-5-9(13)8-10(11)15-12(16)4-3-7-14;/h5-6,8H,2-4,7,14H2,1H3,(H,15,16);1H. The summed E-state index contributed by atoms with van der Waals surface area (Å²) in [6, 6.07) is 5.53. The lowest BCUT2D eigenvalue weighted by molar-refractivity contribution is -0.116. The Hall–Kier alpha value is -0.780. The summed E-state index contributed by atoms with van der Waals surface area (Å²) in [5, 5.41) is 2.82. The maximum atomic E-state index is 11.6. The van der Waals surface area contributed by atoms with E-state index in [4.69, 9.17) is 10.5 Å². The third-order valence-electron chi connectivity index (χ3n) is 2.12. The molecule has 18 heavy (non-hydrogen) atoms. The van der Waals surface area contributed by atoms with Gasteiger partial charge in [-0.15, -0.1) is 12.4 Å². The van der Waals surface area contributed by atoms with Crippen molar-refractivity contribution in [3.8, 4) is 5.75 Å². The average molecular weight is 338 g/mol. The fourth-order valence-electron chi connectivity index (χ4n) is 1.36. The topological polar surface area (TPSA) is 64.3 Å². The Morgan fingerprint density at radius 2 is 2.22 bits per heavy atom. The van der Waals surface area contributed by atoms with Crippen molar-refractivity contribution in [2.45, 2.75) is 19.8 Å². The second-order valence-electron chi connectivity index (χ2n) is 3.51. The maximum absolute atomic E-state index is 11.6. The Kier molecular flexibility index (Phi) is 8.79. The van der Waals surface area contributed by atoms with Gasteiger partial charge in [0, 0.05) is 10.9 Å². The van der Waals surface area contributed by atoms with Crippen LogP contribution in [0.15, 0.2) is 22.7 Å². The number of ether oxygens (including phenoxy) is 1. The molecule has 3 N–H and O–H groups in total. The van der Waals surface area contributed by atoms with Crippen LogP contribution >= 0.6 is 28.3 Å². The van der Waals surface area contributed by atoms with E-state index in [1.807, 2.05) is 25.1 Å². The van der Waals surface area contributed by atoms with Gasteiger partial charge in [0.1, 0.15) is 5.75 Å². The molecule has 0 bridgehead atoms. The Morgan fingerprint density at radius 1 is 1.50 bits per heavy atom. The molecule has 1 rings (SSSR count). The summed E-state index contributed by atoms with van der Waals surface area (Å²) < 4.78 is 6.34. The van der Waals surface area contributed by atoms with Crippen molar-refractivity contribution in [1.82, 2.24) is 0 Å². The number of carbonyl (C=O) groups excluding carboxylic acids is 1. The van der Waals surface area contributed by atoms with Gasteiger partial charge >= 0.3 is 0 Å². The van der Waals surface area contributed by atoms with Crippen molar-refractivity contribution in [1.29, 1.82) is 0 Å². The molecule has 0 aliphatic carbocycles. The van der Waals surface area contributed by atoms with Crippen molar-refractivity contribution < 1.29 is 9.53 Å². The van der Waals surface area contributed by atoms with Crippen LogP contribution in [0.2, 0.25) is 0 Å². The number of amides is 1. The van der Waals surface area contributed by atoms with Gasteiger partial charge in [-0.2, -0.15) is 0 Å². The third-order valence-corrected chi connectivity index (χ3v) is 2.62. The van der Waals surface area contributed by atoms with E-state index in [1.165, 1.54) is 0 Å². The highest BCUT2D eigenvalue weighted by Gasteiger charge is 2.08. The third kappa shape index (κ3) is 5.71. The van der Waals surface area contributed by atoms with Crippen molar-refractivity contribution in [2.24, 2.45) is 5.73 Å². The van der Waals surface area contributed by atoms with Crippen LogP contribution < -0.4 is 15.8 Å². The van der Waals surface area contributed by atoms with Gasteiger partial charge in [0.25, 0.3) is 0 Å². The molecule has 0 radical (unpaired) electrons. The van der Waals surface area contributed by atoms with E-state index >= 15 is 0 Å². The Labute approximate surface area is 122 Å². The highest BCUT2D eigenvalue weighted by molar-refractivity contribution is 9.10. The number of carbonyl (C=O) groups is 1. The molecule has 0 atom stereocenters. The lowest BCUT2D eigenvalue weighted by Crippen LogP contribution is -2.14. The SMILES string of the molecule is CCOc1ccc(Br)cc1NC(=O)CCCN.Cl. The number of anilines is 1. The summed E-state index contributed by atoms with van der Waals surface area (Å²) in [4.78, 5) is 11.6. The zero-order chi connectivity index (χ0) is 12.7. The second kappa shape index (κ2) is 9.19. The highest BCUT2D eigenvalue weighted by Crippen LogP contribution is 2.28. The van der Waals surface area contributed by atoms with Crippen LogP contribution in [0.4, 0.5) is 5.69 Å². The van der Waals surface area contributed by atoms with Gasteiger partial charge in [-0.05, 0) is 38.1 Å². The predicted octanol–water partition coefficient (Wildman–Crippen LogP) is 2.95. The first-order valence-corrected chi connectivity index (χ1v) is 6.39. The van der Waals surface area contributed by atoms with Crippen molar-refractivity contribution >= 4 is 39.9 Å². The zero-order valence-corrected chi connectivity index (χ0v) is 12.6. The van der Waals surface area contributed by atoms with Gasteiger partial charge < -0.3 is 15.8 Å². The molecule has 6 heteroatoms. The largest absolute Gasteiger partial charge is 0.492 e. The monoisotopic (exact) mass is 336 g/mol. The van der Waals surface area contributed by atoms with Crippen LogP contribution in [0.25, 0.3) is 0 Å². The molecule has 1 aromatic rings. The van der Waals surface area contributed by atoms with E-state index < -0.39 is 0 Å². The highest BCUT2D eigenvalue weighted by atomic mass is 79.9. The molecule has 1 amide bonds. The molecular formula is C12H18BrClN2O2. The molecule has 0 aliphatic rings. The fraction of sp³-hybridized carbons (Fsp3) is 0.417. The minimum atomic E-state index is -0.0468. The first kappa shape index (κ1) is 17.2. The lowest BCUT2D eigenvalue weighted by Gasteiger charge is -2.11. The molecule has 0 saturated heterocycles. The van der Waals surface area contributed by atoms with E-state index in [9.17, 15) is 4.79 Å². The van der Waals surface area contributed by atoms with E-state index in [0.717, 1.165) is 4.47 Å². The Bertz CT molecular complexity index is 388. The number of rotatable bonds is 6. The minimum Gasteiger partial charge on any atom is -0.492 e. The molecule has 0 heterocycles. The molecular weight excluding hydrogens is 320 g/mol. The van der Waals surface area contributed by atoms with Gasteiger partial charge in [0.15, 0.2) is 0 Å². The lowest BCUT2D eigenvalue weighted by atomic mass is 10.2. The van der Waals surface area contributed by atoms with Crippen LogP contribution in [0, 0.1) is 0 Å². The van der Waals surface area contributed by atoms with E-state index in [0.29, 0.717) is 37.4 Å². The molecule has 0 saturated carbocycles. The van der Waals surface area contributed by atoms with Gasteiger partial charge in [0.05, 0.1) is 12.3 Å². The quantitative estimate of drug-likeness (QED) is 0.839. The average Bonchev–Trinajstić information content (AvgIpc) is 2.30. The number of nitrogens with one attached hydrogen (secondary N) is 1. The van der Waals surface area contributed by atoms with Gasteiger partial charge in [-0.3, -0.25) is 4.79 Å². The molecule has 1 aromatic carbocycles. The molecule has 4 nitrogen and oxygen atoms in total. The molecule has 102 valence electrons. The number of halogens is 2. The molecule has 0 aromatic heterocycles. The van der Waals surface area contributed by atoms with Crippen LogP contribution in [-0.2, 0) is 4.79 Å². The summed E-state index contributed by atoms with van der Waals surface area (Å²) in [7, 11) is 0. The van der Waals surface area contributed by atoms with Crippen molar-refractivity contribution in [2.75, 3.05) is 18.5 Å². The maximum Gasteiger partial charge on any atom is 0.224 e. The summed E-state index contributed by atoms with van der Waals surface area (Å²) in [5.41, 5.74) is 6.04. The van der Waals surface area contributed by atoms with Crippen molar-refractivity contribution in [3.05, 3.63) is 22.7 Å². The summed E-state index contributed by atoms with van der Waals surface area (Å²) in [6.45, 7) is 2.99. The Balaban J connectivity index is 0.00000289. The Morgan fingerprint density at radius 3 is 2.83 bits per heavy atom. The molecule has 0 unspecified atom stereocenters. The van der Waals surface area contributed by atoms with Crippen LogP contribution in [0.5, 0.6) is 5.75 Å². The molecule has 0 fully saturated rings. The number of hydrogen-bond acceptors (Lipinski definition) is 3. The summed E-state index contributed by atoms with van der Waals surface area (Å²) in [6.07, 6.45) is 1.11.